The number of ether oxygens (including phenoxy) is 1. The van der Waals surface area contributed by atoms with E-state index in [2.05, 4.69) is 4.72 Å². The highest BCUT2D eigenvalue weighted by Gasteiger charge is 2.20. The number of hydrogen-bond donors (Lipinski definition) is 1. The fourth-order valence-corrected chi connectivity index (χ4v) is 3.81. The van der Waals surface area contributed by atoms with E-state index < -0.39 is 10.0 Å². The van der Waals surface area contributed by atoms with Crippen LogP contribution in [0.5, 0.6) is 5.75 Å². The molecule has 0 saturated heterocycles. The van der Waals surface area contributed by atoms with Crippen molar-refractivity contribution >= 4 is 15.7 Å². The molecule has 2 rings (SSSR count). The van der Waals surface area contributed by atoms with Crippen molar-refractivity contribution in [2.24, 2.45) is 7.05 Å². The summed E-state index contributed by atoms with van der Waals surface area (Å²) in [6.07, 6.45) is 1.44. The highest BCUT2D eigenvalue weighted by Crippen LogP contribution is 2.27. The van der Waals surface area contributed by atoms with Gasteiger partial charge in [-0.2, -0.15) is 0 Å². The summed E-state index contributed by atoms with van der Waals surface area (Å²) in [5.41, 5.74) is 1.31. The van der Waals surface area contributed by atoms with Gasteiger partial charge >= 0.3 is 0 Å². The molecule has 0 spiro atoms. The summed E-state index contributed by atoms with van der Waals surface area (Å²) < 4.78 is 34.1. The molecule has 0 atom stereocenters. The predicted octanol–water partition coefficient (Wildman–Crippen LogP) is 1.81. The van der Waals surface area contributed by atoms with E-state index in [1.807, 2.05) is 0 Å². The van der Waals surface area contributed by atoms with Gasteiger partial charge in [0.2, 0.25) is 5.56 Å². The molecular formula is C15H18N2O4S. The SMILES string of the molecule is COc1cc(C)c(S(=O)(=O)Nc2ccc(=O)n(C)c2)c(C)c1. The lowest BCUT2D eigenvalue weighted by Crippen LogP contribution is -2.19. The molecule has 0 aliphatic heterocycles. The lowest BCUT2D eigenvalue weighted by molar-refractivity contribution is 0.413. The van der Waals surface area contributed by atoms with Gasteiger partial charge in [-0.25, -0.2) is 8.42 Å². The molecule has 22 heavy (non-hydrogen) atoms. The molecule has 7 heteroatoms. The van der Waals surface area contributed by atoms with E-state index >= 15 is 0 Å². The van der Waals surface area contributed by atoms with E-state index in [0.29, 0.717) is 22.6 Å². The molecule has 118 valence electrons. The molecule has 0 unspecified atom stereocenters. The van der Waals surface area contributed by atoms with Gasteiger partial charge < -0.3 is 9.30 Å². The number of nitrogens with zero attached hydrogens (tertiary/aromatic N) is 1. The highest BCUT2D eigenvalue weighted by molar-refractivity contribution is 7.92. The minimum Gasteiger partial charge on any atom is -0.497 e. The molecule has 1 aromatic carbocycles. The Bertz CT molecular complexity index is 846. The van der Waals surface area contributed by atoms with Crippen LogP contribution in [0.1, 0.15) is 11.1 Å². The third kappa shape index (κ3) is 3.14. The predicted molar refractivity (Wildman–Crippen MR) is 85.0 cm³/mol. The average molecular weight is 322 g/mol. The fourth-order valence-electron chi connectivity index (χ4n) is 2.31. The van der Waals surface area contributed by atoms with Crippen LogP contribution in [0.4, 0.5) is 5.69 Å². The Morgan fingerprint density at radius 2 is 1.73 bits per heavy atom. The van der Waals surface area contributed by atoms with Gasteiger partial charge in [-0.05, 0) is 43.2 Å². The molecule has 2 aromatic rings. The zero-order valence-electron chi connectivity index (χ0n) is 12.9. The first-order valence-electron chi connectivity index (χ1n) is 6.59. The lowest BCUT2D eigenvalue weighted by Gasteiger charge is -2.14. The Hall–Kier alpha value is -2.28. The van der Waals surface area contributed by atoms with Crippen LogP contribution >= 0.6 is 0 Å². The van der Waals surface area contributed by atoms with Crippen LogP contribution in [0.2, 0.25) is 0 Å². The maximum atomic E-state index is 12.6. The van der Waals surface area contributed by atoms with Gasteiger partial charge in [0, 0.05) is 19.3 Å². The summed E-state index contributed by atoms with van der Waals surface area (Å²) in [5, 5.41) is 0. The van der Waals surface area contributed by atoms with Crippen molar-refractivity contribution in [2.45, 2.75) is 18.7 Å². The van der Waals surface area contributed by atoms with Crippen LogP contribution < -0.4 is 15.0 Å². The van der Waals surface area contributed by atoms with Gasteiger partial charge in [0.15, 0.2) is 0 Å². The van der Waals surface area contributed by atoms with Gasteiger partial charge in [0.1, 0.15) is 5.75 Å². The maximum absolute atomic E-state index is 12.6. The first-order valence-corrected chi connectivity index (χ1v) is 8.07. The van der Waals surface area contributed by atoms with E-state index in [4.69, 9.17) is 4.74 Å². The van der Waals surface area contributed by atoms with Crippen LogP contribution in [0, 0.1) is 13.8 Å². The van der Waals surface area contributed by atoms with Gasteiger partial charge in [0.25, 0.3) is 10.0 Å². The lowest BCUT2D eigenvalue weighted by atomic mass is 10.1. The number of benzene rings is 1. The summed E-state index contributed by atoms with van der Waals surface area (Å²) in [6.45, 7) is 3.43. The minimum atomic E-state index is -3.75. The quantitative estimate of drug-likeness (QED) is 0.931. The highest BCUT2D eigenvalue weighted by atomic mass is 32.2. The minimum absolute atomic E-state index is 0.209. The van der Waals surface area contributed by atoms with E-state index in [-0.39, 0.29) is 10.5 Å². The number of hydrogen-bond acceptors (Lipinski definition) is 4. The van der Waals surface area contributed by atoms with Crippen molar-refractivity contribution in [3.05, 3.63) is 51.9 Å². The van der Waals surface area contributed by atoms with Crippen LogP contribution in [0.15, 0.2) is 40.2 Å². The summed E-state index contributed by atoms with van der Waals surface area (Å²) in [6, 6.07) is 6.09. The maximum Gasteiger partial charge on any atom is 0.262 e. The number of methoxy groups -OCH3 is 1. The van der Waals surface area contributed by atoms with Crippen molar-refractivity contribution in [1.29, 1.82) is 0 Å². The summed E-state index contributed by atoms with van der Waals surface area (Å²) in [4.78, 5) is 11.6. The molecule has 1 heterocycles. The van der Waals surface area contributed by atoms with Gasteiger partial charge in [-0.1, -0.05) is 0 Å². The fraction of sp³-hybridized carbons (Fsp3) is 0.267. The Kier molecular flexibility index (Phi) is 4.27. The summed E-state index contributed by atoms with van der Waals surface area (Å²) in [5.74, 6) is 0.607. The molecular weight excluding hydrogens is 304 g/mol. The normalized spacial score (nSPS) is 11.3. The van der Waals surface area contributed by atoms with Crippen molar-refractivity contribution in [3.8, 4) is 5.75 Å². The third-order valence-electron chi connectivity index (χ3n) is 3.28. The number of pyridine rings is 1. The Balaban J connectivity index is 2.47. The Morgan fingerprint density at radius 1 is 1.14 bits per heavy atom. The second kappa shape index (κ2) is 5.84. The molecule has 0 saturated carbocycles. The van der Waals surface area contributed by atoms with E-state index in [1.54, 1.807) is 33.0 Å². The number of anilines is 1. The molecule has 0 aliphatic carbocycles. The van der Waals surface area contributed by atoms with Gasteiger partial charge in [-0.3, -0.25) is 9.52 Å². The standard InChI is InChI=1S/C15H18N2O4S/c1-10-7-13(21-4)8-11(2)15(10)22(19,20)16-12-5-6-14(18)17(3)9-12/h5-9,16H,1-4H3. The first-order chi connectivity index (χ1) is 10.2. The Labute approximate surface area is 129 Å². The number of sulfonamides is 1. The van der Waals surface area contributed by atoms with Crippen LogP contribution in [0.25, 0.3) is 0 Å². The molecule has 0 fully saturated rings. The van der Waals surface area contributed by atoms with Crippen molar-refractivity contribution < 1.29 is 13.2 Å². The second-order valence-corrected chi connectivity index (χ2v) is 6.68. The van der Waals surface area contributed by atoms with Crippen molar-refractivity contribution in [1.82, 2.24) is 4.57 Å². The first kappa shape index (κ1) is 16.1. The van der Waals surface area contributed by atoms with Crippen molar-refractivity contribution in [3.63, 3.8) is 0 Å². The largest absolute Gasteiger partial charge is 0.497 e. The number of rotatable bonds is 4. The second-order valence-electron chi connectivity index (χ2n) is 5.06. The molecule has 0 aliphatic rings. The van der Waals surface area contributed by atoms with Crippen LogP contribution in [0.3, 0.4) is 0 Å². The topological polar surface area (TPSA) is 77.4 Å². The molecule has 1 N–H and O–H groups in total. The van der Waals surface area contributed by atoms with E-state index in [0.717, 1.165) is 0 Å². The monoisotopic (exact) mass is 322 g/mol. The van der Waals surface area contributed by atoms with Crippen molar-refractivity contribution in [2.75, 3.05) is 11.8 Å². The zero-order chi connectivity index (χ0) is 16.5. The molecule has 1 aromatic heterocycles. The van der Waals surface area contributed by atoms with E-state index in [1.165, 1.54) is 30.0 Å². The molecule has 0 radical (unpaired) electrons. The smallest absolute Gasteiger partial charge is 0.262 e. The Morgan fingerprint density at radius 3 is 2.23 bits per heavy atom. The molecule has 6 nitrogen and oxygen atoms in total. The molecule has 0 bridgehead atoms. The number of aromatic nitrogens is 1. The average Bonchev–Trinajstić information content (AvgIpc) is 2.41. The summed E-state index contributed by atoms with van der Waals surface area (Å²) >= 11 is 0. The number of nitrogens with one attached hydrogen (secondary N) is 1. The van der Waals surface area contributed by atoms with Crippen LogP contribution in [-0.4, -0.2) is 20.1 Å². The zero-order valence-corrected chi connectivity index (χ0v) is 13.7. The van der Waals surface area contributed by atoms with Gasteiger partial charge in [-0.15, -0.1) is 0 Å². The van der Waals surface area contributed by atoms with Crippen LogP contribution in [-0.2, 0) is 17.1 Å². The third-order valence-corrected chi connectivity index (χ3v) is 4.96. The number of aryl methyl sites for hydroxylation is 3. The molecule has 0 amide bonds. The van der Waals surface area contributed by atoms with E-state index in [9.17, 15) is 13.2 Å². The summed E-state index contributed by atoms with van der Waals surface area (Å²) in [7, 11) is -0.658. The van der Waals surface area contributed by atoms with Gasteiger partial charge in [0.05, 0.1) is 17.7 Å².